The highest BCUT2D eigenvalue weighted by atomic mass is 35.5. The van der Waals surface area contributed by atoms with E-state index in [1.54, 1.807) is 31.2 Å². The van der Waals surface area contributed by atoms with Crippen LogP contribution in [0.1, 0.15) is 16.8 Å². The van der Waals surface area contributed by atoms with Gasteiger partial charge in [-0.15, -0.1) is 0 Å². The smallest absolute Gasteiger partial charge is 0.416 e. The quantitative estimate of drug-likeness (QED) is 0.465. The van der Waals surface area contributed by atoms with E-state index in [1.165, 1.54) is 23.0 Å². The highest BCUT2D eigenvalue weighted by Gasteiger charge is 2.31. The number of ether oxygens (including phenoxy) is 2. The van der Waals surface area contributed by atoms with Crippen molar-refractivity contribution in [3.8, 4) is 17.2 Å². The van der Waals surface area contributed by atoms with Gasteiger partial charge >= 0.3 is 6.18 Å². The molecule has 1 aliphatic rings. The van der Waals surface area contributed by atoms with E-state index in [4.69, 9.17) is 21.1 Å². The molecule has 11 heteroatoms. The zero-order valence-electron chi connectivity index (χ0n) is 16.6. The van der Waals surface area contributed by atoms with Gasteiger partial charge in [-0.2, -0.15) is 23.4 Å². The van der Waals surface area contributed by atoms with E-state index in [9.17, 15) is 18.0 Å². The first-order chi connectivity index (χ1) is 15.2. The van der Waals surface area contributed by atoms with Gasteiger partial charge in [-0.05, 0) is 37.3 Å². The molecular formula is C21H16ClF3N4O3. The number of carbonyl (C=O) groups excluding carboxylic acids is 1. The lowest BCUT2D eigenvalue weighted by Gasteiger charge is -2.24. The maximum Gasteiger partial charge on any atom is 0.416 e. The van der Waals surface area contributed by atoms with Crippen LogP contribution in [0.15, 0.2) is 53.6 Å². The number of hydrazone groups is 1. The van der Waals surface area contributed by atoms with Gasteiger partial charge < -0.3 is 9.47 Å². The molecule has 7 nitrogen and oxygen atoms in total. The molecule has 0 radical (unpaired) electrons. The topological polar surface area (TPSA) is 77.7 Å². The Kier molecular flexibility index (Phi) is 5.79. The van der Waals surface area contributed by atoms with Crippen molar-refractivity contribution in [1.82, 2.24) is 15.2 Å². The minimum Gasteiger partial charge on any atom is -0.485 e. The lowest BCUT2D eigenvalue weighted by Crippen LogP contribution is -2.42. The van der Waals surface area contributed by atoms with Crippen LogP contribution in [-0.2, 0) is 11.0 Å². The van der Waals surface area contributed by atoms with Crippen molar-refractivity contribution in [2.75, 3.05) is 6.61 Å². The molecule has 1 aromatic heterocycles. The highest BCUT2D eigenvalue weighted by molar-refractivity contribution is 6.32. The molecule has 32 heavy (non-hydrogen) atoms. The number of nitrogens with zero attached hydrogens (tertiary/aromatic N) is 3. The number of para-hydroxylation sites is 2. The third kappa shape index (κ3) is 4.40. The largest absolute Gasteiger partial charge is 0.485 e. The summed E-state index contributed by atoms with van der Waals surface area (Å²) in [5.41, 5.74) is 2.42. The number of hydrogen-bond donors (Lipinski definition) is 1. The third-order valence-electron chi connectivity index (χ3n) is 4.64. The molecule has 1 atom stereocenters. The van der Waals surface area contributed by atoms with E-state index in [1.807, 2.05) is 0 Å². The van der Waals surface area contributed by atoms with Gasteiger partial charge in [0.1, 0.15) is 11.8 Å². The molecule has 2 heterocycles. The van der Waals surface area contributed by atoms with Crippen molar-refractivity contribution in [2.45, 2.75) is 19.2 Å². The number of hydrogen-bond acceptors (Lipinski definition) is 5. The number of benzene rings is 2. The Bertz CT molecular complexity index is 1190. The van der Waals surface area contributed by atoms with Crippen LogP contribution in [0.2, 0.25) is 5.15 Å². The first kappa shape index (κ1) is 21.7. The van der Waals surface area contributed by atoms with Crippen molar-refractivity contribution < 1.29 is 27.4 Å². The van der Waals surface area contributed by atoms with E-state index >= 15 is 0 Å². The van der Waals surface area contributed by atoms with Gasteiger partial charge in [0.05, 0.1) is 28.7 Å². The molecule has 0 saturated carbocycles. The summed E-state index contributed by atoms with van der Waals surface area (Å²) in [6.07, 6.45) is -4.12. The van der Waals surface area contributed by atoms with Crippen molar-refractivity contribution in [1.29, 1.82) is 0 Å². The molecule has 166 valence electrons. The summed E-state index contributed by atoms with van der Waals surface area (Å²) >= 11 is 6.32. The van der Waals surface area contributed by atoms with Gasteiger partial charge in [0.2, 0.25) is 6.10 Å². The number of fused-ring (bicyclic) bond motifs is 1. The second-order valence-electron chi connectivity index (χ2n) is 6.85. The molecule has 0 spiro atoms. The SMILES string of the molecule is Cc1nn(-c2cccc(C(F)(F)F)c2)c(Cl)c1/C=N/NC(=O)C1COc2ccccc2O1. The fourth-order valence-corrected chi connectivity index (χ4v) is 3.34. The summed E-state index contributed by atoms with van der Waals surface area (Å²) in [5.74, 6) is 0.461. The predicted octanol–water partition coefficient (Wildman–Crippen LogP) is 4.14. The Morgan fingerprint density at radius 3 is 2.75 bits per heavy atom. The lowest BCUT2D eigenvalue weighted by molar-refractivity contribution is -0.137. The van der Waals surface area contributed by atoms with Gasteiger partial charge in [0.25, 0.3) is 5.91 Å². The number of halogens is 4. The first-order valence-electron chi connectivity index (χ1n) is 9.38. The third-order valence-corrected chi connectivity index (χ3v) is 5.00. The van der Waals surface area contributed by atoms with Crippen LogP contribution in [0.3, 0.4) is 0 Å². The van der Waals surface area contributed by atoms with E-state index in [-0.39, 0.29) is 17.4 Å². The van der Waals surface area contributed by atoms with Gasteiger partial charge in [0.15, 0.2) is 11.5 Å². The molecule has 4 rings (SSSR count). The van der Waals surface area contributed by atoms with Crippen LogP contribution < -0.4 is 14.9 Å². The number of aryl methyl sites for hydroxylation is 1. The number of carbonyl (C=O) groups is 1. The van der Waals surface area contributed by atoms with Crippen molar-refractivity contribution in [3.63, 3.8) is 0 Å². The monoisotopic (exact) mass is 464 g/mol. The van der Waals surface area contributed by atoms with Crippen LogP contribution in [0.4, 0.5) is 13.2 Å². The van der Waals surface area contributed by atoms with Crippen LogP contribution in [0.5, 0.6) is 11.5 Å². The Labute approximate surface area is 185 Å². The summed E-state index contributed by atoms with van der Waals surface area (Å²) in [6, 6.07) is 11.6. The molecule has 0 aliphatic carbocycles. The second-order valence-corrected chi connectivity index (χ2v) is 7.21. The molecule has 3 aromatic rings. The maximum absolute atomic E-state index is 13.0. The van der Waals surface area contributed by atoms with E-state index in [2.05, 4.69) is 15.6 Å². The number of amides is 1. The van der Waals surface area contributed by atoms with Crippen molar-refractivity contribution in [3.05, 3.63) is 70.5 Å². The summed E-state index contributed by atoms with van der Waals surface area (Å²) in [6.45, 7) is 1.64. The number of alkyl halides is 3. The number of aromatic nitrogens is 2. The van der Waals surface area contributed by atoms with Crippen molar-refractivity contribution >= 4 is 23.7 Å². The Hall–Kier alpha value is -3.53. The molecule has 0 bridgehead atoms. The second kappa shape index (κ2) is 8.54. The predicted molar refractivity (Wildman–Crippen MR) is 110 cm³/mol. The van der Waals surface area contributed by atoms with E-state index in [0.717, 1.165) is 12.1 Å². The summed E-state index contributed by atoms with van der Waals surface area (Å²) < 4.78 is 51.3. The zero-order valence-corrected chi connectivity index (χ0v) is 17.3. The van der Waals surface area contributed by atoms with E-state index < -0.39 is 23.8 Å². The van der Waals surface area contributed by atoms with Crippen molar-refractivity contribution in [2.24, 2.45) is 5.10 Å². The van der Waals surface area contributed by atoms with Gasteiger partial charge in [-0.3, -0.25) is 4.79 Å². The lowest BCUT2D eigenvalue weighted by atomic mass is 10.2. The molecule has 0 saturated heterocycles. The standard InChI is InChI=1S/C21H16ClF3N4O3/c1-12-15(19(22)29(28-12)14-6-4-5-13(9-14)21(23,24)25)10-26-27-20(30)18-11-31-16-7-2-3-8-17(16)32-18/h2-10,18H,11H2,1H3,(H,27,30)/b26-10+. The van der Waals surface area contributed by atoms with Gasteiger partial charge in [-0.1, -0.05) is 29.8 Å². The minimum atomic E-state index is -4.50. The molecule has 1 N–H and O–H groups in total. The van der Waals surface area contributed by atoms with Crippen LogP contribution in [0, 0.1) is 6.92 Å². The Morgan fingerprint density at radius 1 is 1.25 bits per heavy atom. The molecule has 0 fully saturated rings. The zero-order chi connectivity index (χ0) is 22.9. The summed E-state index contributed by atoms with van der Waals surface area (Å²) in [7, 11) is 0. The van der Waals surface area contributed by atoms with Gasteiger partial charge in [0, 0.05) is 0 Å². The average Bonchev–Trinajstić information content (AvgIpc) is 3.06. The summed E-state index contributed by atoms with van der Waals surface area (Å²) in [5, 5.41) is 8.11. The highest BCUT2D eigenvalue weighted by Crippen LogP contribution is 2.32. The molecule has 1 unspecified atom stereocenters. The summed E-state index contributed by atoms with van der Waals surface area (Å²) in [4.78, 5) is 12.3. The van der Waals surface area contributed by atoms with Crippen LogP contribution in [0.25, 0.3) is 5.69 Å². The van der Waals surface area contributed by atoms with Crippen LogP contribution >= 0.6 is 11.6 Å². The average molecular weight is 465 g/mol. The molecular weight excluding hydrogens is 449 g/mol. The Morgan fingerprint density at radius 2 is 2.00 bits per heavy atom. The fraction of sp³-hybridized carbons (Fsp3) is 0.190. The van der Waals surface area contributed by atoms with Gasteiger partial charge in [-0.25, -0.2) is 10.1 Å². The molecule has 1 aliphatic heterocycles. The number of rotatable bonds is 4. The Balaban J connectivity index is 1.48. The van der Waals surface area contributed by atoms with E-state index in [0.29, 0.717) is 22.8 Å². The maximum atomic E-state index is 13.0. The number of nitrogens with one attached hydrogen (secondary N) is 1. The molecule has 1 amide bonds. The molecule has 2 aromatic carbocycles. The fourth-order valence-electron chi connectivity index (χ4n) is 3.02. The first-order valence-corrected chi connectivity index (χ1v) is 9.76. The minimum absolute atomic E-state index is 0.0195. The normalized spacial score (nSPS) is 15.7. The van der Waals surface area contributed by atoms with Crippen LogP contribution in [-0.4, -0.2) is 34.6 Å².